The van der Waals surface area contributed by atoms with Gasteiger partial charge < -0.3 is 5.32 Å². The monoisotopic (exact) mass is 235 g/mol. The van der Waals surface area contributed by atoms with Crippen molar-refractivity contribution >= 4 is 6.08 Å². The average Bonchev–Trinajstić information content (AvgIpc) is 2.34. The van der Waals surface area contributed by atoms with Gasteiger partial charge in [-0.15, -0.1) is 0 Å². The lowest BCUT2D eigenvalue weighted by atomic mass is 10.1. The summed E-state index contributed by atoms with van der Waals surface area (Å²) in [6, 6.07) is 6.55. The van der Waals surface area contributed by atoms with Crippen LogP contribution in [0.2, 0.25) is 0 Å². The zero-order valence-electron chi connectivity index (χ0n) is 12.6. The van der Waals surface area contributed by atoms with Gasteiger partial charge in [-0.2, -0.15) is 0 Å². The number of hydrogen-bond donors (Lipinski definition) is 1. The Kier molecular flexibility index (Phi) is 14.0. The van der Waals surface area contributed by atoms with E-state index in [4.69, 9.17) is 0 Å². The van der Waals surface area contributed by atoms with Crippen molar-refractivity contribution in [2.75, 3.05) is 14.1 Å². The Balaban J connectivity index is 0. The minimum atomic E-state index is 1.10. The van der Waals surface area contributed by atoms with E-state index in [1.165, 1.54) is 16.7 Å². The Hall–Kier alpha value is -1.08. The first-order chi connectivity index (χ1) is 8.15. The molecule has 98 valence electrons. The summed E-state index contributed by atoms with van der Waals surface area (Å²) in [4.78, 5) is 0. The third-order valence-electron chi connectivity index (χ3n) is 1.97. The van der Waals surface area contributed by atoms with E-state index in [0.717, 1.165) is 6.42 Å². The summed E-state index contributed by atoms with van der Waals surface area (Å²) < 4.78 is 0. The van der Waals surface area contributed by atoms with Crippen molar-refractivity contribution < 1.29 is 0 Å². The third kappa shape index (κ3) is 9.83. The van der Waals surface area contributed by atoms with Crippen molar-refractivity contribution in [3.05, 3.63) is 41.0 Å². The molecule has 0 radical (unpaired) electrons. The van der Waals surface area contributed by atoms with Crippen LogP contribution in [0, 0.1) is 13.8 Å². The van der Waals surface area contributed by atoms with Gasteiger partial charge in [-0.25, -0.2) is 0 Å². The van der Waals surface area contributed by atoms with E-state index in [0.29, 0.717) is 0 Å². The van der Waals surface area contributed by atoms with Crippen LogP contribution in [0.1, 0.15) is 43.9 Å². The molecule has 0 aromatic heterocycles. The zero-order valence-corrected chi connectivity index (χ0v) is 12.6. The van der Waals surface area contributed by atoms with Gasteiger partial charge in [0.05, 0.1) is 0 Å². The van der Waals surface area contributed by atoms with E-state index in [2.05, 4.69) is 56.4 Å². The van der Waals surface area contributed by atoms with Crippen LogP contribution in [-0.2, 0) is 0 Å². The molecule has 1 heteroatoms. The number of hydrogen-bond acceptors (Lipinski definition) is 1. The predicted molar refractivity (Wildman–Crippen MR) is 81.6 cm³/mol. The fraction of sp³-hybridized carbons (Fsp3) is 0.500. The molecule has 0 unspecified atom stereocenters. The fourth-order valence-corrected chi connectivity index (χ4v) is 1.18. The van der Waals surface area contributed by atoms with Crippen molar-refractivity contribution in [1.29, 1.82) is 0 Å². The van der Waals surface area contributed by atoms with Crippen LogP contribution in [0.25, 0.3) is 6.08 Å². The van der Waals surface area contributed by atoms with E-state index in [1.807, 2.05) is 27.9 Å². The molecule has 1 rings (SSSR count). The molecule has 0 aliphatic heterocycles. The lowest BCUT2D eigenvalue weighted by Crippen LogP contribution is -1.89. The highest BCUT2D eigenvalue weighted by Gasteiger charge is 1.92. The van der Waals surface area contributed by atoms with Crippen LogP contribution < -0.4 is 5.32 Å². The van der Waals surface area contributed by atoms with Gasteiger partial charge >= 0.3 is 0 Å². The summed E-state index contributed by atoms with van der Waals surface area (Å²) in [7, 11) is 3.75. The molecule has 0 amide bonds. The molecule has 1 aromatic carbocycles. The minimum absolute atomic E-state index is 1.10. The number of aryl methyl sites for hydroxylation is 2. The zero-order chi connectivity index (χ0) is 13.7. The molecular weight excluding hydrogens is 206 g/mol. The van der Waals surface area contributed by atoms with Crippen LogP contribution in [0.3, 0.4) is 0 Å². The molecule has 1 aromatic rings. The largest absolute Gasteiger partial charge is 0.323 e. The predicted octanol–water partition coefficient (Wildman–Crippen LogP) is 4.59. The molecule has 0 bridgehead atoms. The molecule has 0 saturated heterocycles. The molecular formula is C16H29N. The van der Waals surface area contributed by atoms with Gasteiger partial charge in [0.15, 0.2) is 0 Å². The molecule has 0 atom stereocenters. The van der Waals surface area contributed by atoms with Crippen molar-refractivity contribution in [3.8, 4) is 0 Å². The molecule has 0 aliphatic carbocycles. The molecule has 1 N–H and O–H groups in total. The summed E-state index contributed by atoms with van der Waals surface area (Å²) in [6.07, 6.45) is 5.50. The van der Waals surface area contributed by atoms with Gasteiger partial charge in [-0.05, 0) is 45.5 Å². The van der Waals surface area contributed by atoms with Crippen LogP contribution in [-0.4, -0.2) is 14.1 Å². The highest BCUT2D eigenvalue weighted by atomic mass is 14.7. The molecule has 0 aliphatic rings. The summed E-state index contributed by atoms with van der Waals surface area (Å²) in [5.41, 5.74) is 4.03. The minimum Gasteiger partial charge on any atom is -0.323 e. The maximum Gasteiger partial charge on any atom is -0.0167 e. The topological polar surface area (TPSA) is 12.0 Å². The second-order valence-corrected chi connectivity index (χ2v) is 3.67. The Morgan fingerprint density at radius 3 is 2.12 bits per heavy atom. The summed E-state index contributed by atoms with van der Waals surface area (Å²) in [5.74, 6) is 0. The summed E-state index contributed by atoms with van der Waals surface area (Å²) in [6.45, 7) is 10.4. The maximum absolute atomic E-state index is 2.75. The van der Waals surface area contributed by atoms with E-state index >= 15 is 0 Å². The second-order valence-electron chi connectivity index (χ2n) is 3.67. The highest BCUT2D eigenvalue weighted by Crippen LogP contribution is 2.12. The smallest absolute Gasteiger partial charge is 0.0167 e. The number of rotatable bonds is 2. The van der Waals surface area contributed by atoms with Crippen molar-refractivity contribution in [2.45, 2.75) is 41.0 Å². The van der Waals surface area contributed by atoms with Gasteiger partial charge in [0.1, 0.15) is 0 Å². The van der Waals surface area contributed by atoms with E-state index in [9.17, 15) is 0 Å². The lowest BCUT2D eigenvalue weighted by Gasteiger charge is -2.00. The van der Waals surface area contributed by atoms with Crippen molar-refractivity contribution in [2.24, 2.45) is 0 Å². The van der Waals surface area contributed by atoms with E-state index in [1.54, 1.807) is 0 Å². The fourth-order valence-electron chi connectivity index (χ4n) is 1.18. The number of benzene rings is 1. The normalized spacial score (nSPS) is 9.12. The van der Waals surface area contributed by atoms with Gasteiger partial charge in [0, 0.05) is 0 Å². The highest BCUT2D eigenvalue weighted by molar-refractivity contribution is 5.54. The Morgan fingerprint density at radius 1 is 1.12 bits per heavy atom. The van der Waals surface area contributed by atoms with Gasteiger partial charge in [0.25, 0.3) is 0 Å². The Bertz CT molecular complexity index is 300. The quantitative estimate of drug-likeness (QED) is 0.790. The maximum atomic E-state index is 2.75. The van der Waals surface area contributed by atoms with Crippen LogP contribution in [0.15, 0.2) is 24.3 Å². The molecule has 0 spiro atoms. The van der Waals surface area contributed by atoms with Gasteiger partial charge in [0.2, 0.25) is 0 Å². The number of allylic oxidation sites excluding steroid dienone is 1. The average molecular weight is 235 g/mol. The Labute approximate surface area is 108 Å². The molecule has 0 heterocycles. The Morgan fingerprint density at radius 2 is 1.65 bits per heavy atom. The first-order valence-electron chi connectivity index (χ1n) is 6.48. The first kappa shape index (κ1) is 18.3. The molecule has 0 saturated carbocycles. The van der Waals surface area contributed by atoms with Gasteiger partial charge in [-0.1, -0.05) is 56.7 Å². The van der Waals surface area contributed by atoms with E-state index in [-0.39, 0.29) is 0 Å². The third-order valence-corrected chi connectivity index (χ3v) is 1.97. The first-order valence-corrected chi connectivity index (χ1v) is 6.48. The summed E-state index contributed by atoms with van der Waals surface area (Å²) >= 11 is 0. The standard InChI is InChI=1S/C12H16.C2H7N.C2H6/c1-4-5-6-12-9-10(2)7-8-11(12)3;1-3-2;1-2/h5-9H,4H2,1-3H3;3H,1-2H3;1-2H3/b6-5-;;. The number of nitrogens with one attached hydrogen (secondary N) is 1. The van der Waals surface area contributed by atoms with Crippen molar-refractivity contribution in [1.82, 2.24) is 5.32 Å². The van der Waals surface area contributed by atoms with Crippen molar-refractivity contribution in [3.63, 3.8) is 0 Å². The van der Waals surface area contributed by atoms with E-state index < -0.39 is 0 Å². The summed E-state index contributed by atoms with van der Waals surface area (Å²) in [5, 5.41) is 2.75. The van der Waals surface area contributed by atoms with Crippen LogP contribution >= 0.6 is 0 Å². The molecule has 17 heavy (non-hydrogen) atoms. The van der Waals surface area contributed by atoms with Crippen LogP contribution in [0.4, 0.5) is 0 Å². The second kappa shape index (κ2) is 13.0. The lowest BCUT2D eigenvalue weighted by molar-refractivity contribution is 1.02. The molecule has 0 fully saturated rings. The van der Waals surface area contributed by atoms with Crippen LogP contribution in [0.5, 0.6) is 0 Å². The van der Waals surface area contributed by atoms with Gasteiger partial charge in [-0.3, -0.25) is 0 Å². The molecule has 1 nitrogen and oxygen atoms in total. The SMILES string of the molecule is CC.CC/C=C\c1cc(C)ccc1C.CNC.